The van der Waals surface area contributed by atoms with Crippen LogP contribution in [0.3, 0.4) is 0 Å². The van der Waals surface area contributed by atoms with Gasteiger partial charge in [-0.25, -0.2) is 4.98 Å². The molecule has 0 bridgehead atoms. The van der Waals surface area contributed by atoms with E-state index in [1.807, 2.05) is 6.07 Å². The van der Waals surface area contributed by atoms with Crippen LogP contribution in [-0.2, 0) is 13.0 Å². The SMILES string of the molecule is CC(C)(C)Cc1noc2ncc(CN)cc12. The fourth-order valence-corrected chi connectivity index (χ4v) is 1.66. The first-order valence-corrected chi connectivity index (χ1v) is 5.43. The van der Waals surface area contributed by atoms with E-state index in [1.165, 1.54) is 0 Å². The standard InChI is InChI=1S/C12H17N3O/c1-12(2,3)5-10-9-4-8(6-13)7-14-11(9)16-15-10/h4,7H,5-6,13H2,1-3H3. The van der Waals surface area contributed by atoms with Gasteiger partial charge < -0.3 is 10.3 Å². The van der Waals surface area contributed by atoms with E-state index < -0.39 is 0 Å². The van der Waals surface area contributed by atoms with Gasteiger partial charge in [0.25, 0.3) is 5.71 Å². The Morgan fingerprint density at radius 2 is 2.12 bits per heavy atom. The van der Waals surface area contributed by atoms with Gasteiger partial charge in [0.2, 0.25) is 0 Å². The maximum absolute atomic E-state index is 5.60. The molecule has 86 valence electrons. The molecule has 0 radical (unpaired) electrons. The van der Waals surface area contributed by atoms with Gasteiger partial charge in [0.15, 0.2) is 0 Å². The van der Waals surface area contributed by atoms with Crippen LogP contribution in [0, 0.1) is 5.41 Å². The number of hydrogen-bond donors (Lipinski definition) is 1. The summed E-state index contributed by atoms with van der Waals surface area (Å²) >= 11 is 0. The highest BCUT2D eigenvalue weighted by molar-refractivity contribution is 5.76. The second-order valence-corrected chi connectivity index (χ2v) is 5.27. The zero-order valence-corrected chi connectivity index (χ0v) is 9.95. The number of nitrogens with two attached hydrogens (primary N) is 1. The molecule has 0 spiro atoms. The summed E-state index contributed by atoms with van der Waals surface area (Å²) in [5, 5.41) is 5.06. The summed E-state index contributed by atoms with van der Waals surface area (Å²) in [6.07, 6.45) is 2.60. The van der Waals surface area contributed by atoms with Crippen LogP contribution in [0.4, 0.5) is 0 Å². The summed E-state index contributed by atoms with van der Waals surface area (Å²) in [6.45, 7) is 7.01. The van der Waals surface area contributed by atoms with Gasteiger partial charge in [-0.2, -0.15) is 0 Å². The molecule has 4 nitrogen and oxygen atoms in total. The van der Waals surface area contributed by atoms with E-state index in [4.69, 9.17) is 10.3 Å². The molecule has 2 heterocycles. The third-order valence-corrected chi connectivity index (χ3v) is 2.39. The van der Waals surface area contributed by atoms with Crippen molar-refractivity contribution in [2.24, 2.45) is 11.1 Å². The van der Waals surface area contributed by atoms with Gasteiger partial charge in [-0.1, -0.05) is 25.9 Å². The molecule has 0 aliphatic rings. The zero-order valence-electron chi connectivity index (χ0n) is 9.95. The molecule has 4 heteroatoms. The molecule has 2 rings (SSSR count). The van der Waals surface area contributed by atoms with E-state index in [1.54, 1.807) is 6.20 Å². The summed E-state index contributed by atoms with van der Waals surface area (Å²) in [4.78, 5) is 4.19. The molecular weight excluding hydrogens is 202 g/mol. The first kappa shape index (κ1) is 11.1. The van der Waals surface area contributed by atoms with Gasteiger partial charge in [-0.05, 0) is 23.5 Å². The lowest BCUT2D eigenvalue weighted by atomic mass is 9.90. The van der Waals surface area contributed by atoms with E-state index in [0.29, 0.717) is 12.3 Å². The Morgan fingerprint density at radius 1 is 1.38 bits per heavy atom. The van der Waals surface area contributed by atoms with Crippen molar-refractivity contribution >= 4 is 11.1 Å². The van der Waals surface area contributed by atoms with Crippen LogP contribution in [0.5, 0.6) is 0 Å². The number of hydrogen-bond acceptors (Lipinski definition) is 4. The molecule has 0 aliphatic heterocycles. The number of pyridine rings is 1. The zero-order chi connectivity index (χ0) is 11.8. The largest absolute Gasteiger partial charge is 0.336 e. The molecule has 0 aromatic carbocycles. The van der Waals surface area contributed by atoms with E-state index in [2.05, 4.69) is 30.9 Å². The van der Waals surface area contributed by atoms with Crippen LogP contribution in [0.1, 0.15) is 32.0 Å². The molecule has 0 unspecified atom stereocenters. The fourth-order valence-electron chi connectivity index (χ4n) is 1.66. The Balaban J connectivity index is 2.46. The summed E-state index contributed by atoms with van der Waals surface area (Å²) < 4.78 is 5.19. The minimum absolute atomic E-state index is 0.183. The second-order valence-electron chi connectivity index (χ2n) is 5.27. The number of nitrogens with zero attached hydrogens (tertiary/aromatic N) is 2. The van der Waals surface area contributed by atoms with Gasteiger partial charge in [-0.3, -0.25) is 0 Å². The Kier molecular flexibility index (Phi) is 2.68. The van der Waals surface area contributed by atoms with Crippen LogP contribution in [0.15, 0.2) is 16.8 Å². The summed E-state index contributed by atoms with van der Waals surface area (Å²) in [7, 11) is 0. The van der Waals surface area contributed by atoms with Crippen LogP contribution in [-0.4, -0.2) is 10.1 Å². The molecule has 0 saturated carbocycles. The molecule has 16 heavy (non-hydrogen) atoms. The van der Waals surface area contributed by atoms with Crippen molar-refractivity contribution < 1.29 is 4.52 Å². The van der Waals surface area contributed by atoms with Crippen molar-refractivity contribution in [2.75, 3.05) is 0 Å². The van der Waals surface area contributed by atoms with E-state index in [9.17, 15) is 0 Å². The highest BCUT2D eigenvalue weighted by atomic mass is 16.5. The van der Waals surface area contributed by atoms with Crippen molar-refractivity contribution in [1.82, 2.24) is 10.1 Å². The highest BCUT2D eigenvalue weighted by Crippen LogP contribution is 2.25. The average Bonchev–Trinajstić information content (AvgIpc) is 2.58. The Labute approximate surface area is 94.8 Å². The Hall–Kier alpha value is -1.42. The third kappa shape index (κ3) is 2.22. The molecular formula is C12H17N3O. The van der Waals surface area contributed by atoms with Gasteiger partial charge >= 0.3 is 0 Å². The van der Waals surface area contributed by atoms with Gasteiger partial charge in [0, 0.05) is 12.7 Å². The fraction of sp³-hybridized carbons (Fsp3) is 0.500. The lowest BCUT2D eigenvalue weighted by molar-refractivity contribution is 0.380. The van der Waals surface area contributed by atoms with E-state index in [0.717, 1.165) is 23.1 Å². The smallest absolute Gasteiger partial charge is 0.257 e. The van der Waals surface area contributed by atoms with Crippen LogP contribution in [0.2, 0.25) is 0 Å². The van der Waals surface area contributed by atoms with Crippen molar-refractivity contribution in [3.8, 4) is 0 Å². The Morgan fingerprint density at radius 3 is 2.75 bits per heavy atom. The maximum atomic E-state index is 5.60. The molecule has 2 aromatic heterocycles. The van der Waals surface area contributed by atoms with Crippen molar-refractivity contribution in [2.45, 2.75) is 33.7 Å². The lowest BCUT2D eigenvalue weighted by Crippen LogP contribution is -2.09. The van der Waals surface area contributed by atoms with Crippen LogP contribution in [0.25, 0.3) is 11.1 Å². The third-order valence-electron chi connectivity index (χ3n) is 2.39. The lowest BCUT2D eigenvalue weighted by Gasteiger charge is -2.15. The van der Waals surface area contributed by atoms with E-state index >= 15 is 0 Å². The van der Waals surface area contributed by atoms with Gasteiger partial charge in [0.1, 0.15) is 0 Å². The van der Waals surface area contributed by atoms with Crippen molar-refractivity contribution in [3.63, 3.8) is 0 Å². The van der Waals surface area contributed by atoms with E-state index in [-0.39, 0.29) is 5.41 Å². The second kappa shape index (κ2) is 3.87. The summed E-state index contributed by atoms with van der Waals surface area (Å²) in [5.74, 6) is 0. The first-order valence-electron chi connectivity index (χ1n) is 5.43. The molecule has 2 N–H and O–H groups in total. The predicted molar refractivity (Wildman–Crippen MR) is 62.9 cm³/mol. The number of aromatic nitrogens is 2. The minimum Gasteiger partial charge on any atom is -0.336 e. The molecule has 2 aromatic rings. The van der Waals surface area contributed by atoms with Crippen molar-refractivity contribution in [3.05, 3.63) is 23.5 Å². The summed E-state index contributed by atoms with van der Waals surface area (Å²) in [5.41, 5.74) is 8.34. The molecule has 0 fully saturated rings. The quantitative estimate of drug-likeness (QED) is 0.841. The van der Waals surface area contributed by atoms with Crippen LogP contribution >= 0.6 is 0 Å². The van der Waals surface area contributed by atoms with Gasteiger partial charge in [-0.15, -0.1) is 0 Å². The highest BCUT2D eigenvalue weighted by Gasteiger charge is 2.17. The van der Waals surface area contributed by atoms with Crippen LogP contribution < -0.4 is 5.73 Å². The van der Waals surface area contributed by atoms with Crippen molar-refractivity contribution in [1.29, 1.82) is 0 Å². The monoisotopic (exact) mass is 219 g/mol. The number of rotatable bonds is 2. The normalized spacial score (nSPS) is 12.2. The molecule has 0 saturated heterocycles. The number of fused-ring (bicyclic) bond motifs is 1. The van der Waals surface area contributed by atoms with Gasteiger partial charge in [0.05, 0.1) is 11.1 Å². The first-order chi connectivity index (χ1) is 7.49. The molecule has 0 amide bonds. The average molecular weight is 219 g/mol. The maximum Gasteiger partial charge on any atom is 0.257 e. The Bertz CT molecular complexity index is 496. The topological polar surface area (TPSA) is 64.9 Å². The minimum atomic E-state index is 0.183. The summed E-state index contributed by atoms with van der Waals surface area (Å²) in [6, 6.07) is 2.01. The molecule has 0 atom stereocenters. The predicted octanol–water partition coefficient (Wildman–Crippen LogP) is 2.27. The molecule has 0 aliphatic carbocycles.